The molecule has 7 heteroatoms. The first-order valence-corrected chi connectivity index (χ1v) is 6.11. The van der Waals surface area contributed by atoms with E-state index in [0.29, 0.717) is 0 Å². The van der Waals surface area contributed by atoms with E-state index >= 15 is 0 Å². The van der Waals surface area contributed by atoms with Crippen LogP contribution in [-0.2, 0) is 19.1 Å². The lowest BCUT2D eigenvalue weighted by Gasteiger charge is -2.20. The summed E-state index contributed by atoms with van der Waals surface area (Å²) in [5, 5.41) is 9.81. The Kier molecular flexibility index (Phi) is 5.71. The van der Waals surface area contributed by atoms with Crippen LogP contribution in [0.3, 0.4) is 0 Å². The summed E-state index contributed by atoms with van der Waals surface area (Å²) in [5.41, 5.74) is 0.768. The van der Waals surface area contributed by atoms with Crippen molar-refractivity contribution in [2.75, 3.05) is 27.3 Å². The maximum absolute atomic E-state index is 12.3. The van der Waals surface area contributed by atoms with E-state index in [1.165, 1.54) is 26.4 Å². The van der Waals surface area contributed by atoms with Gasteiger partial charge >= 0.3 is 11.9 Å². The highest BCUT2D eigenvalue weighted by molar-refractivity contribution is 5.99. The van der Waals surface area contributed by atoms with Gasteiger partial charge in [0.15, 0.2) is 0 Å². The molecule has 7 nitrogen and oxygen atoms in total. The largest absolute Gasteiger partial charge is 0.507 e. The van der Waals surface area contributed by atoms with Gasteiger partial charge < -0.3 is 19.5 Å². The molecule has 0 saturated carbocycles. The van der Waals surface area contributed by atoms with Crippen LogP contribution in [0.1, 0.15) is 15.9 Å². The van der Waals surface area contributed by atoms with Gasteiger partial charge in [-0.05, 0) is 24.6 Å². The molecule has 0 bridgehead atoms. The van der Waals surface area contributed by atoms with Crippen LogP contribution in [0.15, 0.2) is 18.2 Å². The number of nitrogens with zero attached hydrogens (tertiary/aromatic N) is 1. The summed E-state index contributed by atoms with van der Waals surface area (Å²) in [5.74, 6) is -2.25. The normalized spacial score (nSPS) is 9.86. The van der Waals surface area contributed by atoms with Gasteiger partial charge in [0.25, 0.3) is 5.91 Å². The van der Waals surface area contributed by atoms with Gasteiger partial charge in [-0.25, -0.2) is 0 Å². The number of amides is 1. The zero-order valence-corrected chi connectivity index (χ0v) is 12.1. The Morgan fingerprint density at radius 3 is 2.05 bits per heavy atom. The van der Waals surface area contributed by atoms with Crippen LogP contribution in [0, 0.1) is 6.92 Å². The molecule has 0 fully saturated rings. The Morgan fingerprint density at radius 1 is 1.10 bits per heavy atom. The predicted octanol–water partition coefficient (Wildman–Crippen LogP) is 0.489. The molecule has 1 rings (SSSR count). The van der Waals surface area contributed by atoms with Crippen molar-refractivity contribution >= 4 is 17.8 Å². The monoisotopic (exact) mass is 295 g/mol. The Bertz CT molecular complexity index is 536. The topological polar surface area (TPSA) is 93.1 Å². The lowest BCUT2D eigenvalue weighted by molar-refractivity contribution is -0.144. The zero-order chi connectivity index (χ0) is 16.0. The number of methoxy groups -OCH3 is 2. The van der Waals surface area contributed by atoms with Gasteiger partial charge in [0.05, 0.1) is 19.8 Å². The number of esters is 2. The van der Waals surface area contributed by atoms with Gasteiger partial charge in [-0.1, -0.05) is 6.07 Å². The van der Waals surface area contributed by atoms with Crippen molar-refractivity contribution in [3.8, 4) is 5.75 Å². The number of phenolic OH excluding ortho intramolecular Hbond substituents is 1. The minimum absolute atomic E-state index is 0.00611. The van der Waals surface area contributed by atoms with Crippen molar-refractivity contribution in [2.24, 2.45) is 0 Å². The highest BCUT2D eigenvalue weighted by Crippen LogP contribution is 2.20. The summed E-state index contributed by atoms with van der Waals surface area (Å²) in [7, 11) is 2.35. The maximum atomic E-state index is 12.3. The van der Waals surface area contributed by atoms with Crippen LogP contribution in [-0.4, -0.2) is 55.2 Å². The van der Waals surface area contributed by atoms with Gasteiger partial charge in [0, 0.05) is 0 Å². The molecule has 0 aliphatic carbocycles. The molecular formula is C14H17NO6. The van der Waals surface area contributed by atoms with Crippen molar-refractivity contribution in [3.63, 3.8) is 0 Å². The van der Waals surface area contributed by atoms with Gasteiger partial charge in [-0.3, -0.25) is 14.4 Å². The van der Waals surface area contributed by atoms with Crippen molar-refractivity contribution in [2.45, 2.75) is 6.92 Å². The summed E-state index contributed by atoms with van der Waals surface area (Å²) in [6.45, 7) is 0.921. The van der Waals surface area contributed by atoms with Crippen LogP contribution < -0.4 is 0 Å². The molecule has 114 valence electrons. The number of ether oxygens (including phenoxy) is 2. The number of phenols is 1. The first-order valence-electron chi connectivity index (χ1n) is 6.11. The minimum Gasteiger partial charge on any atom is -0.507 e. The Balaban J connectivity index is 3.02. The third kappa shape index (κ3) is 4.48. The van der Waals surface area contributed by atoms with Crippen LogP contribution >= 0.6 is 0 Å². The smallest absolute Gasteiger partial charge is 0.325 e. The van der Waals surface area contributed by atoms with E-state index in [9.17, 15) is 19.5 Å². The molecular weight excluding hydrogens is 278 g/mol. The molecule has 1 amide bonds. The highest BCUT2D eigenvalue weighted by Gasteiger charge is 2.24. The van der Waals surface area contributed by atoms with Crippen molar-refractivity contribution in [1.82, 2.24) is 4.90 Å². The predicted molar refractivity (Wildman–Crippen MR) is 72.8 cm³/mol. The second-order valence-corrected chi connectivity index (χ2v) is 4.33. The summed E-state index contributed by atoms with van der Waals surface area (Å²) in [6, 6.07) is 4.48. The van der Waals surface area contributed by atoms with Crippen LogP contribution in [0.25, 0.3) is 0 Å². The maximum Gasteiger partial charge on any atom is 0.325 e. The Hall–Kier alpha value is -2.57. The van der Waals surface area contributed by atoms with Crippen molar-refractivity contribution in [3.05, 3.63) is 29.3 Å². The molecule has 0 saturated heterocycles. The van der Waals surface area contributed by atoms with Gasteiger partial charge in [0.1, 0.15) is 18.8 Å². The van der Waals surface area contributed by atoms with Crippen LogP contribution in [0.5, 0.6) is 5.75 Å². The van der Waals surface area contributed by atoms with Gasteiger partial charge in [-0.2, -0.15) is 0 Å². The van der Waals surface area contributed by atoms with E-state index in [2.05, 4.69) is 9.47 Å². The van der Waals surface area contributed by atoms with Crippen LogP contribution in [0.2, 0.25) is 0 Å². The average Bonchev–Trinajstić information content (AvgIpc) is 2.45. The van der Waals surface area contributed by atoms with E-state index < -0.39 is 30.9 Å². The number of hydrogen-bond acceptors (Lipinski definition) is 6. The zero-order valence-electron chi connectivity index (χ0n) is 12.1. The fourth-order valence-corrected chi connectivity index (χ4v) is 1.63. The summed E-state index contributed by atoms with van der Waals surface area (Å²) in [6.07, 6.45) is 0. The molecule has 0 heterocycles. The second-order valence-electron chi connectivity index (χ2n) is 4.33. The Morgan fingerprint density at radius 2 is 1.62 bits per heavy atom. The third-order valence-corrected chi connectivity index (χ3v) is 2.77. The highest BCUT2D eigenvalue weighted by atomic mass is 16.5. The molecule has 0 atom stereocenters. The summed E-state index contributed by atoms with van der Waals surface area (Å²) < 4.78 is 8.97. The number of benzene rings is 1. The molecule has 21 heavy (non-hydrogen) atoms. The molecule has 0 aromatic heterocycles. The number of rotatable bonds is 5. The SMILES string of the molecule is COC(=O)CN(CC(=O)OC)C(=O)c1ccc(C)cc1O. The van der Waals surface area contributed by atoms with Gasteiger partial charge in [0.2, 0.25) is 0 Å². The number of hydrogen-bond donors (Lipinski definition) is 1. The fourth-order valence-electron chi connectivity index (χ4n) is 1.63. The van der Waals surface area contributed by atoms with E-state index in [1.807, 2.05) is 0 Å². The van der Waals surface area contributed by atoms with E-state index in [4.69, 9.17) is 0 Å². The average molecular weight is 295 g/mol. The molecule has 0 aliphatic rings. The number of carbonyl (C=O) groups excluding carboxylic acids is 3. The second kappa shape index (κ2) is 7.28. The summed E-state index contributed by atoms with van der Waals surface area (Å²) in [4.78, 5) is 35.9. The molecule has 0 spiro atoms. The molecule has 1 aromatic carbocycles. The molecule has 0 radical (unpaired) electrons. The Labute approximate surface area is 122 Å². The standard InChI is InChI=1S/C14H17NO6/c1-9-4-5-10(11(16)6-9)14(19)15(7-12(17)20-2)8-13(18)21-3/h4-6,16H,7-8H2,1-3H3. The first-order chi connectivity index (χ1) is 9.88. The lowest BCUT2D eigenvalue weighted by atomic mass is 10.1. The third-order valence-electron chi connectivity index (χ3n) is 2.77. The van der Waals surface area contributed by atoms with Gasteiger partial charge in [-0.15, -0.1) is 0 Å². The van der Waals surface area contributed by atoms with Crippen molar-refractivity contribution in [1.29, 1.82) is 0 Å². The van der Waals surface area contributed by atoms with E-state index in [1.54, 1.807) is 13.0 Å². The first kappa shape index (κ1) is 16.5. The lowest BCUT2D eigenvalue weighted by Crippen LogP contribution is -2.40. The van der Waals surface area contributed by atoms with Crippen LogP contribution in [0.4, 0.5) is 0 Å². The van der Waals surface area contributed by atoms with E-state index in [-0.39, 0.29) is 11.3 Å². The van der Waals surface area contributed by atoms with Crippen molar-refractivity contribution < 1.29 is 29.0 Å². The fraction of sp³-hybridized carbons (Fsp3) is 0.357. The number of aryl methyl sites for hydroxylation is 1. The molecule has 1 N–H and O–H groups in total. The molecule has 1 aromatic rings. The molecule has 0 aliphatic heterocycles. The number of aromatic hydroxyl groups is 1. The molecule has 0 unspecified atom stereocenters. The minimum atomic E-state index is -0.682. The quantitative estimate of drug-likeness (QED) is 0.795. The van der Waals surface area contributed by atoms with E-state index in [0.717, 1.165) is 10.5 Å². The number of carbonyl (C=O) groups is 3. The summed E-state index contributed by atoms with van der Waals surface area (Å²) >= 11 is 0.